The second-order valence-corrected chi connectivity index (χ2v) is 8.73. The van der Waals surface area contributed by atoms with E-state index in [-0.39, 0.29) is 0 Å². The minimum atomic E-state index is -1.59. The molecular weight excluding hydrogens is 200 g/mol. The van der Waals surface area contributed by atoms with Crippen molar-refractivity contribution < 1.29 is 4.43 Å². The van der Waals surface area contributed by atoms with Crippen molar-refractivity contribution in [2.75, 3.05) is 0 Å². The van der Waals surface area contributed by atoms with Gasteiger partial charge in [0, 0.05) is 0 Å². The van der Waals surface area contributed by atoms with Gasteiger partial charge in [0.15, 0.2) is 0 Å². The molecule has 0 N–H and O–H groups in total. The average molecular weight is 220 g/mol. The van der Waals surface area contributed by atoms with E-state index in [0.717, 1.165) is 0 Å². The lowest BCUT2D eigenvalue weighted by Crippen LogP contribution is -2.45. The molecule has 1 nitrogen and oxygen atoms in total. The molecule has 0 aromatic heterocycles. The van der Waals surface area contributed by atoms with Gasteiger partial charge in [-0.1, -0.05) is 37.6 Å². The van der Waals surface area contributed by atoms with Gasteiger partial charge in [-0.15, -0.1) is 0 Å². The monoisotopic (exact) mass is 220 g/mol. The quantitative estimate of drug-likeness (QED) is 0.695. The van der Waals surface area contributed by atoms with Crippen LogP contribution in [-0.4, -0.2) is 8.32 Å². The van der Waals surface area contributed by atoms with E-state index in [9.17, 15) is 0 Å². The van der Waals surface area contributed by atoms with Crippen LogP contribution in [0.25, 0.3) is 0 Å². The summed E-state index contributed by atoms with van der Waals surface area (Å²) in [5.41, 5.74) is 2.80. The Balaban J connectivity index is 2.55. The Hall–Kier alpha value is -0.603. The normalized spacial score (nSPS) is 22.8. The Kier molecular flexibility index (Phi) is 2.73. The van der Waals surface area contributed by atoms with Crippen molar-refractivity contribution in [3.63, 3.8) is 0 Å². The first-order valence-electron chi connectivity index (χ1n) is 5.92. The molecule has 82 valence electrons. The molecule has 0 radical (unpaired) electrons. The molecule has 1 aromatic rings. The van der Waals surface area contributed by atoms with Crippen LogP contribution in [0.3, 0.4) is 0 Å². The second-order valence-electron chi connectivity index (χ2n) is 4.55. The SMILES string of the molecule is CC[Si]1(CC)OC(C)c2cc(C)ccc21. The van der Waals surface area contributed by atoms with Crippen molar-refractivity contribution in [2.45, 2.75) is 45.9 Å². The van der Waals surface area contributed by atoms with E-state index in [2.05, 4.69) is 45.9 Å². The molecule has 1 aliphatic rings. The standard InChI is InChI=1S/C13H20OSi/c1-5-15(6-2)13-8-7-10(3)9-12(13)11(4)14-15/h7-9,11H,5-6H2,1-4H3. The molecule has 15 heavy (non-hydrogen) atoms. The minimum Gasteiger partial charge on any atom is -0.406 e. The second kappa shape index (κ2) is 3.76. The molecule has 0 amide bonds. The fourth-order valence-electron chi connectivity index (χ4n) is 2.70. The van der Waals surface area contributed by atoms with Crippen molar-refractivity contribution in [1.29, 1.82) is 0 Å². The molecule has 1 aromatic carbocycles. The Morgan fingerprint density at radius 2 is 1.93 bits per heavy atom. The first kappa shape index (κ1) is 10.9. The predicted molar refractivity (Wildman–Crippen MR) is 67.0 cm³/mol. The van der Waals surface area contributed by atoms with Crippen molar-refractivity contribution in [1.82, 2.24) is 0 Å². The highest BCUT2D eigenvalue weighted by atomic mass is 28.4. The summed E-state index contributed by atoms with van der Waals surface area (Å²) in [6.07, 6.45) is 0.312. The molecule has 1 heterocycles. The van der Waals surface area contributed by atoms with Gasteiger partial charge < -0.3 is 4.43 Å². The Morgan fingerprint density at radius 3 is 2.53 bits per heavy atom. The van der Waals surface area contributed by atoms with E-state index in [1.165, 1.54) is 23.2 Å². The number of benzene rings is 1. The van der Waals surface area contributed by atoms with Crippen LogP contribution in [-0.2, 0) is 4.43 Å². The zero-order valence-electron chi connectivity index (χ0n) is 10.1. The van der Waals surface area contributed by atoms with Crippen LogP contribution in [0.1, 0.15) is 38.0 Å². The van der Waals surface area contributed by atoms with Gasteiger partial charge in [-0.2, -0.15) is 0 Å². The molecule has 2 rings (SSSR count). The van der Waals surface area contributed by atoms with E-state index in [1.54, 1.807) is 5.19 Å². The smallest absolute Gasteiger partial charge is 0.224 e. The number of rotatable bonds is 2. The van der Waals surface area contributed by atoms with Crippen molar-refractivity contribution in [2.24, 2.45) is 0 Å². The van der Waals surface area contributed by atoms with E-state index >= 15 is 0 Å². The number of hydrogen-bond donors (Lipinski definition) is 0. The lowest BCUT2D eigenvalue weighted by molar-refractivity contribution is 0.232. The highest BCUT2D eigenvalue weighted by Crippen LogP contribution is 2.34. The molecule has 0 spiro atoms. The minimum absolute atomic E-state index is 0.312. The van der Waals surface area contributed by atoms with Crippen molar-refractivity contribution in [3.8, 4) is 0 Å². The van der Waals surface area contributed by atoms with Crippen LogP contribution in [0.2, 0.25) is 12.1 Å². The third-order valence-corrected chi connectivity index (χ3v) is 8.21. The predicted octanol–water partition coefficient (Wildman–Crippen LogP) is 3.28. The molecule has 0 fully saturated rings. The largest absolute Gasteiger partial charge is 0.406 e. The molecule has 1 atom stereocenters. The molecule has 1 unspecified atom stereocenters. The highest BCUT2D eigenvalue weighted by molar-refractivity contribution is 6.87. The molecule has 2 heteroatoms. The average Bonchev–Trinajstić information content (AvgIpc) is 2.52. The topological polar surface area (TPSA) is 9.23 Å². The lowest BCUT2D eigenvalue weighted by Gasteiger charge is -2.24. The van der Waals surface area contributed by atoms with Gasteiger partial charge in [0.1, 0.15) is 0 Å². The van der Waals surface area contributed by atoms with E-state index in [1.807, 2.05) is 0 Å². The third kappa shape index (κ3) is 1.56. The van der Waals surface area contributed by atoms with E-state index in [0.29, 0.717) is 6.10 Å². The Bertz CT molecular complexity index is 369. The van der Waals surface area contributed by atoms with Crippen LogP contribution in [0.5, 0.6) is 0 Å². The highest BCUT2D eigenvalue weighted by Gasteiger charge is 2.43. The number of hydrogen-bond acceptors (Lipinski definition) is 1. The van der Waals surface area contributed by atoms with Crippen LogP contribution in [0, 0.1) is 6.92 Å². The summed E-state index contributed by atoms with van der Waals surface area (Å²) in [6.45, 7) is 8.90. The molecule has 0 bridgehead atoms. The van der Waals surface area contributed by atoms with Gasteiger partial charge in [-0.05, 0) is 36.7 Å². The summed E-state index contributed by atoms with van der Waals surface area (Å²) >= 11 is 0. The maximum Gasteiger partial charge on any atom is 0.224 e. The molecule has 1 aliphatic heterocycles. The first-order chi connectivity index (χ1) is 7.13. The summed E-state index contributed by atoms with van der Waals surface area (Å²) in [7, 11) is -1.59. The Labute approximate surface area is 93.6 Å². The van der Waals surface area contributed by atoms with Crippen LogP contribution >= 0.6 is 0 Å². The number of aryl methyl sites for hydroxylation is 1. The summed E-state index contributed by atoms with van der Waals surface area (Å²) in [5, 5.41) is 1.55. The molecule has 0 saturated heterocycles. The van der Waals surface area contributed by atoms with Gasteiger partial charge in [-0.3, -0.25) is 0 Å². The summed E-state index contributed by atoms with van der Waals surface area (Å²) < 4.78 is 6.31. The lowest BCUT2D eigenvalue weighted by atomic mass is 10.1. The molecule has 0 saturated carbocycles. The fraction of sp³-hybridized carbons (Fsp3) is 0.538. The fourth-order valence-corrected chi connectivity index (χ4v) is 6.41. The molecule has 0 aliphatic carbocycles. The maximum absolute atomic E-state index is 6.31. The zero-order valence-corrected chi connectivity index (χ0v) is 11.1. The third-order valence-electron chi connectivity index (χ3n) is 3.68. The van der Waals surface area contributed by atoms with E-state index < -0.39 is 8.32 Å². The van der Waals surface area contributed by atoms with Gasteiger partial charge in [0.05, 0.1) is 6.10 Å². The zero-order chi connectivity index (χ0) is 11.1. The van der Waals surface area contributed by atoms with E-state index in [4.69, 9.17) is 4.43 Å². The van der Waals surface area contributed by atoms with Crippen LogP contribution in [0.15, 0.2) is 18.2 Å². The summed E-state index contributed by atoms with van der Waals surface area (Å²) in [4.78, 5) is 0. The molecular formula is C13H20OSi. The van der Waals surface area contributed by atoms with Gasteiger partial charge in [0.2, 0.25) is 8.32 Å². The maximum atomic E-state index is 6.31. The van der Waals surface area contributed by atoms with Gasteiger partial charge >= 0.3 is 0 Å². The first-order valence-corrected chi connectivity index (χ1v) is 8.24. The van der Waals surface area contributed by atoms with Gasteiger partial charge in [-0.25, -0.2) is 0 Å². The summed E-state index contributed by atoms with van der Waals surface area (Å²) in [5.74, 6) is 0. The van der Waals surface area contributed by atoms with Crippen molar-refractivity contribution in [3.05, 3.63) is 29.3 Å². The summed E-state index contributed by atoms with van der Waals surface area (Å²) in [6, 6.07) is 9.24. The van der Waals surface area contributed by atoms with Crippen LogP contribution < -0.4 is 5.19 Å². The number of fused-ring (bicyclic) bond motifs is 1. The van der Waals surface area contributed by atoms with Gasteiger partial charge in [0.25, 0.3) is 0 Å². The Morgan fingerprint density at radius 1 is 1.27 bits per heavy atom. The van der Waals surface area contributed by atoms with Crippen molar-refractivity contribution >= 4 is 13.5 Å². The van der Waals surface area contributed by atoms with Crippen LogP contribution in [0.4, 0.5) is 0 Å².